The number of carbonyl (C=O) groups excluding carboxylic acids is 3. The highest BCUT2D eigenvalue weighted by atomic mass is 16.6. The first-order valence-corrected chi connectivity index (χ1v) is 11.2. The van der Waals surface area contributed by atoms with Gasteiger partial charge in [-0.1, -0.05) is 35.5 Å². The zero-order valence-electron chi connectivity index (χ0n) is 20.0. The zero-order chi connectivity index (χ0) is 25.9. The first kappa shape index (κ1) is 23.7. The maximum absolute atomic E-state index is 12.9. The minimum absolute atomic E-state index is 0.0829. The molecule has 0 saturated carbocycles. The minimum Gasteiger partial charge on any atom is -0.493 e. The standard InChI is InChI=1S/C27H21N3O7/c1-34-21-11-9-17(13-22(21)35-2)24-28-23(37-29-24)15-36-27(33)18-8-10-19-20(12-18)26(32)30(25(19)31)14-16-6-4-3-5-7-16/h3-13H,14-15H2,1-2H3. The number of carbonyl (C=O) groups is 3. The predicted molar refractivity (Wildman–Crippen MR) is 129 cm³/mol. The van der Waals surface area contributed by atoms with E-state index in [1.165, 1.54) is 32.4 Å². The quantitative estimate of drug-likeness (QED) is 0.262. The van der Waals surface area contributed by atoms with Crippen molar-refractivity contribution in [3.63, 3.8) is 0 Å². The average Bonchev–Trinajstić information content (AvgIpc) is 3.51. The fourth-order valence-electron chi connectivity index (χ4n) is 3.94. The molecule has 10 nitrogen and oxygen atoms in total. The Morgan fingerprint density at radius 3 is 2.41 bits per heavy atom. The lowest BCUT2D eigenvalue weighted by molar-refractivity contribution is 0.0429. The Balaban J connectivity index is 1.26. The molecule has 0 fully saturated rings. The molecule has 0 saturated heterocycles. The van der Waals surface area contributed by atoms with Gasteiger partial charge in [-0.2, -0.15) is 4.98 Å². The van der Waals surface area contributed by atoms with Crippen molar-refractivity contribution in [2.75, 3.05) is 14.2 Å². The highest BCUT2D eigenvalue weighted by Gasteiger charge is 2.36. The summed E-state index contributed by atoms with van der Waals surface area (Å²) in [6, 6.07) is 18.6. The smallest absolute Gasteiger partial charge is 0.338 e. The van der Waals surface area contributed by atoms with E-state index in [2.05, 4.69) is 10.1 Å². The van der Waals surface area contributed by atoms with Crippen LogP contribution in [0.3, 0.4) is 0 Å². The van der Waals surface area contributed by atoms with Gasteiger partial charge in [0.15, 0.2) is 18.1 Å². The van der Waals surface area contributed by atoms with Gasteiger partial charge in [-0.25, -0.2) is 4.79 Å². The Bertz CT molecular complexity index is 1500. The van der Waals surface area contributed by atoms with Crippen molar-refractivity contribution in [1.29, 1.82) is 0 Å². The van der Waals surface area contributed by atoms with Crippen LogP contribution in [-0.4, -0.2) is 47.0 Å². The van der Waals surface area contributed by atoms with E-state index in [1.807, 2.05) is 30.3 Å². The first-order chi connectivity index (χ1) is 18.0. The molecule has 2 heterocycles. The number of methoxy groups -OCH3 is 2. The molecule has 0 aliphatic carbocycles. The lowest BCUT2D eigenvalue weighted by Crippen LogP contribution is -2.29. The highest BCUT2D eigenvalue weighted by Crippen LogP contribution is 2.31. The molecule has 10 heteroatoms. The molecule has 1 aliphatic heterocycles. The van der Waals surface area contributed by atoms with E-state index < -0.39 is 17.8 Å². The number of amides is 2. The van der Waals surface area contributed by atoms with Crippen LogP contribution < -0.4 is 9.47 Å². The molecular formula is C27H21N3O7. The normalized spacial score (nSPS) is 12.4. The predicted octanol–water partition coefficient (Wildman–Crippen LogP) is 3.91. The third kappa shape index (κ3) is 4.64. The third-order valence-corrected chi connectivity index (χ3v) is 5.83. The zero-order valence-corrected chi connectivity index (χ0v) is 20.0. The van der Waals surface area contributed by atoms with Gasteiger partial charge < -0.3 is 18.7 Å². The van der Waals surface area contributed by atoms with Crippen molar-refractivity contribution >= 4 is 17.8 Å². The third-order valence-electron chi connectivity index (χ3n) is 5.83. The lowest BCUT2D eigenvalue weighted by Gasteiger charge is -2.13. The molecular weight excluding hydrogens is 478 g/mol. The Labute approximate surface area is 211 Å². The summed E-state index contributed by atoms with van der Waals surface area (Å²) >= 11 is 0. The Hall–Kier alpha value is -4.99. The van der Waals surface area contributed by atoms with Crippen LogP contribution in [0, 0.1) is 0 Å². The van der Waals surface area contributed by atoms with Crippen LogP contribution >= 0.6 is 0 Å². The molecule has 0 radical (unpaired) electrons. The first-order valence-electron chi connectivity index (χ1n) is 11.2. The van der Waals surface area contributed by atoms with Crippen molar-refractivity contribution < 1.29 is 33.1 Å². The van der Waals surface area contributed by atoms with Crippen molar-refractivity contribution in [2.45, 2.75) is 13.2 Å². The van der Waals surface area contributed by atoms with Crippen LogP contribution in [0.2, 0.25) is 0 Å². The molecule has 0 N–H and O–H groups in total. The van der Waals surface area contributed by atoms with Gasteiger partial charge in [-0.3, -0.25) is 14.5 Å². The number of benzene rings is 3. The molecule has 0 unspecified atom stereocenters. The summed E-state index contributed by atoms with van der Waals surface area (Å²) in [6.45, 7) is -0.129. The molecule has 0 atom stereocenters. The van der Waals surface area contributed by atoms with Crippen LogP contribution in [0.5, 0.6) is 11.5 Å². The van der Waals surface area contributed by atoms with Gasteiger partial charge in [-0.05, 0) is 42.0 Å². The van der Waals surface area contributed by atoms with Crippen LogP contribution in [-0.2, 0) is 17.9 Å². The molecule has 3 aromatic carbocycles. The Morgan fingerprint density at radius 2 is 1.65 bits per heavy atom. The van der Waals surface area contributed by atoms with Crippen LogP contribution in [0.15, 0.2) is 71.3 Å². The monoisotopic (exact) mass is 499 g/mol. The van der Waals surface area contributed by atoms with E-state index in [0.29, 0.717) is 17.1 Å². The van der Waals surface area contributed by atoms with Crippen molar-refractivity contribution in [2.24, 2.45) is 0 Å². The number of nitrogens with zero attached hydrogens (tertiary/aromatic N) is 3. The van der Waals surface area contributed by atoms with Gasteiger partial charge in [0.25, 0.3) is 17.7 Å². The lowest BCUT2D eigenvalue weighted by atomic mass is 10.1. The van der Waals surface area contributed by atoms with E-state index in [0.717, 1.165) is 10.5 Å². The topological polar surface area (TPSA) is 121 Å². The number of imide groups is 1. The van der Waals surface area contributed by atoms with E-state index in [4.69, 9.17) is 18.7 Å². The van der Waals surface area contributed by atoms with Gasteiger partial charge in [0.05, 0.1) is 37.5 Å². The maximum Gasteiger partial charge on any atom is 0.338 e. The van der Waals surface area contributed by atoms with Gasteiger partial charge in [-0.15, -0.1) is 0 Å². The molecule has 186 valence electrons. The van der Waals surface area contributed by atoms with Crippen molar-refractivity contribution in [3.8, 4) is 22.9 Å². The van der Waals surface area contributed by atoms with Crippen LogP contribution in [0.25, 0.3) is 11.4 Å². The second-order valence-electron chi connectivity index (χ2n) is 8.10. The molecule has 37 heavy (non-hydrogen) atoms. The summed E-state index contributed by atoms with van der Waals surface area (Å²) in [4.78, 5) is 43.7. The number of ether oxygens (including phenoxy) is 3. The van der Waals surface area contributed by atoms with Gasteiger partial charge in [0, 0.05) is 5.56 Å². The molecule has 1 aliphatic rings. The fraction of sp³-hybridized carbons (Fsp3) is 0.148. The number of fused-ring (bicyclic) bond motifs is 1. The summed E-state index contributed by atoms with van der Waals surface area (Å²) in [7, 11) is 3.06. The Kier molecular flexibility index (Phi) is 6.38. The maximum atomic E-state index is 12.9. The largest absolute Gasteiger partial charge is 0.493 e. The number of rotatable bonds is 8. The van der Waals surface area contributed by atoms with Crippen molar-refractivity contribution in [3.05, 3.63) is 94.9 Å². The molecule has 1 aromatic heterocycles. The van der Waals surface area contributed by atoms with E-state index in [-0.39, 0.29) is 41.6 Å². The second kappa shape index (κ2) is 9.94. The number of aromatic nitrogens is 2. The van der Waals surface area contributed by atoms with Crippen LogP contribution in [0.4, 0.5) is 0 Å². The summed E-state index contributed by atoms with van der Waals surface area (Å²) < 4.78 is 21.0. The average molecular weight is 499 g/mol. The van der Waals surface area contributed by atoms with Crippen molar-refractivity contribution in [1.82, 2.24) is 15.0 Å². The molecule has 0 bridgehead atoms. The van der Waals surface area contributed by atoms with Gasteiger partial charge in [0.2, 0.25) is 5.82 Å². The van der Waals surface area contributed by atoms with Gasteiger partial charge in [0.1, 0.15) is 0 Å². The van der Waals surface area contributed by atoms with E-state index in [9.17, 15) is 14.4 Å². The van der Waals surface area contributed by atoms with Crippen LogP contribution in [0.1, 0.15) is 42.5 Å². The number of esters is 1. The van der Waals surface area contributed by atoms with Gasteiger partial charge >= 0.3 is 5.97 Å². The molecule has 0 spiro atoms. The summed E-state index contributed by atoms with van der Waals surface area (Å²) in [5.74, 6) is -0.138. The fourth-order valence-corrected chi connectivity index (χ4v) is 3.94. The molecule has 5 rings (SSSR count). The number of hydrogen-bond donors (Lipinski definition) is 0. The summed E-state index contributed by atoms with van der Waals surface area (Å²) in [5, 5.41) is 3.91. The summed E-state index contributed by atoms with van der Waals surface area (Å²) in [6.07, 6.45) is 0. The summed E-state index contributed by atoms with van der Waals surface area (Å²) in [5.41, 5.74) is 1.98. The SMILES string of the molecule is COc1ccc(-c2noc(COC(=O)c3ccc4c(c3)C(=O)N(Cc3ccccc3)C4=O)n2)cc1OC. The Morgan fingerprint density at radius 1 is 0.892 bits per heavy atom. The van der Waals surface area contributed by atoms with E-state index >= 15 is 0 Å². The highest BCUT2D eigenvalue weighted by molar-refractivity contribution is 6.21. The second-order valence-corrected chi connectivity index (χ2v) is 8.10. The minimum atomic E-state index is -0.699. The number of hydrogen-bond acceptors (Lipinski definition) is 9. The molecule has 4 aromatic rings. The molecule has 2 amide bonds. The van der Waals surface area contributed by atoms with E-state index in [1.54, 1.807) is 18.2 Å².